The summed E-state index contributed by atoms with van der Waals surface area (Å²) in [5, 5.41) is 8.29. The van der Waals surface area contributed by atoms with Gasteiger partial charge in [-0.2, -0.15) is 5.10 Å². The molecule has 9 nitrogen and oxygen atoms in total. The quantitative estimate of drug-likeness (QED) is 0.578. The molecular formula is C21H19FN6O3. The predicted molar refractivity (Wildman–Crippen MR) is 114 cm³/mol. The molecule has 0 fully saturated rings. The summed E-state index contributed by atoms with van der Waals surface area (Å²) in [6.45, 7) is 1.78. The second kappa shape index (κ2) is 7.90. The van der Waals surface area contributed by atoms with Crippen LogP contribution in [0.2, 0.25) is 0 Å². The number of nitrogens with two attached hydrogens (primary N) is 1. The van der Waals surface area contributed by atoms with Gasteiger partial charge in [-0.3, -0.25) is 19.2 Å². The average molecular weight is 422 g/mol. The summed E-state index contributed by atoms with van der Waals surface area (Å²) in [6, 6.07) is 11.3. The SMILES string of the molecule is Cc1c[nH]c(=O)n1-c1cccc(NC(=O)C2=NN(c3ccc(F)cc3)C(C(N)=O)C2)c1. The summed E-state index contributed by atoms with van der Waals surface area (Å²) in [4.78, 5) is 39.3. The van der Waals surface area contributed by atoms with Gasteiger partial charge in [0.05, 0.1) is 11.4 Å². The number of aromatic nitrogens is 2. The third kappa shape index (κ3) is 3.95. The minimum atomic E-state index is -0.862. The molecule has 1 aromatic heterocycles. The van der Waals surface area contributed by atoms with Crippen molar-refractivity contribution in [3.05, 3.63) is 76.7 Å². The largest absolute Gasteiger partial charge is 0.368 e. The zero-order valence-corrected chi connectivity index (χ0v) is 16.5. The van der Waals surface area contributed by atoms with Gasteiger partial charge in [-0.15, -0.1) is 0 Å². The van der Waals surface area contributed by atoms with Crippen LogP contribution in [-0.4, -0.2) is 33.1 Å². The number of aromatic amines is 1. The molecule has 2 aromatic carbocycles. The second-order valence-corrected chi connectivity index (χ2v) is 7.07. The molecule has 158 valence electrons. The highest BCUT2D eigenvalue weighted by atomic mass is 19.1. The van der Waals surface area contributed by atoms with E-state index in [4.69, 9.17) is 5.73 Å². The highest BCUT2D eigenvalue weighted by Gasteiger charge is 2.35. The molecule has 0 saturated heterocycles. The van der Waals surface area contributed by atoms with Gasteiger partial charge < -0.3 is 16.0 Å². The Morgan fingerprint density at radius 1 is 1.19 bits per heavy atom. The number of carbonyl (C=O) groups excluding carboxylic acids is 2. The molecule has 0 bridgehead atoms. The first kappa shape index (κ1) is 20.1. The van der Waals surface area contributed by atoms with E-state index in [0.717, 1.165) is 0 Å². The summed E-state index contributed by atoms with van der Waals surface area (Å²) in [7, 11) is 0. The number of amides is 2. The molecule has 31 heavy (non-hydrogen) atoms. The molecule has 0 aliphatic carbocycles. The Hall–Kier alpha value is -4.21. The number of rotatable bonds is 5. The fraction of sp³-hybridized carbons (Fsp3) is 0.143. The number of hydrazone groups is 1. The number of nitrogens with zero attached hydrogens (tertiary/aromatic N) is 3. The van der Waals surface area contributed by atoms with Gasteiger partial charge in [-0.1, -0.05) is 6.07 Å². The van der Waals surface area contributed by atoms with Crippen LogP contribution in [0.25, 0.3) is 5.69 Å². The lowest BCUT2D eigenvalue weighted by molar-refractivity contribution is -0.119. The Kier molecular flexibility index (Phi) is 5.12. The summed E-state index contributed by atoms with van der Waals surface area (Å²) < 4.78 is 14.7. The van der Waals surface area contributed by atoms with Crippen LogP contribution in [0.1, 0.15) is 12.1 Å². The highest BCUT2D eigenvalue weighted by molar-refractivity contribution is 6.44. The van der Waals surface area contributed by atoms with Gasteiger partial charge in [0, 0.05) is 24.0 Å². The Morgan fingerprint density at radius 2 is 1.94 bits per heavy atom. The fourth-order valence-electron chi connectivity index (χ4n) is 3.40. The predicted octanol–water partition coefficient (Wildman–Crippen LogP) is 1.67. The van der Waals surface area contributed by atoms with Crippen LogP contribution in [0.5, 0.6) is 0 Å². The van der Waals surface area contributed by atoms with E-state index in [1.165, 1.54) is 33.8 Å². The number of anilines is 2. The zero-order chi connectivity index (χ0) is 22.1. The van der Waals surface area contributed by atoms with Crippen molar-refractivity contribution in [1.82, 2.24) is 9.55 Å². The maximum Gasteiger partial charge on any atom is 0.330 e. The molecule has 1 unspecified atom stereocenters. The molecule has 1 aliphatic heterocycles. The maximum absolute atomic E-state index is 13.2. The molecule has 0 saturated carbocycles. The van der Waals surface area contributed by atoms with Crippen molar-refractivity contribution in [2.75, 3.05) is 10.3 Å². The van der Waals surface area contributed by atoms with Crippen LogP contribution < -0.4 is 21.7 Å². The number of benzene rings is 2. The topological polar surface area (TPSA) is 126 Å². The van der Waals surface area contributed by atoms with E-state index in [1.807, 2.05) is 0 Å². The van der Waals surface area contributed by atoms with Crippen molar-refractivity contribution in [3.63, 3.8) is 0 Å². The zero-order valence-electron chi connectivity index (χ0n) is 16.5. The van der Waals surface area contributed by atoms with Crippen LogP contribution in [0.4, 0.5) is 15.8 Å². The van der Waals surface area contributed by atoms with E-state index in [1.54, 1.807) is 37.4 Å². The molecule has 4 rings (SSSR count). The number of hydrogen-bond acceptors (Lipinski definition) is 5. The van der Waals surface area contributed by atoms with E-state index >= 15 is 0 Å². The second-order valence-electron chi connectivity index (χ2n) is 7.07. The van der Waals surface area contributed by atoms with Crippen LogP contribution in [0.3, 0.4) is 0 Å². The minimum Gasteiger partial charge on any atom is -0.368 e. The molecule has 2 heterocycles. The number of hydrogen-bond donors (Lipinski definition) is 3. The van der Waals surface area contributed by atoms with Gasteiger partial charge in [0.15, 0.2) is 0 Å². The molecular weight excluding hydrogens is 403 g/mol. The number of halogens is 1. The monoisotopic (exact) mass is 422 g/mol. The van der Waals surface area contributed by atoms with Crippen molar-refractivity contribution in [1.29, 1.82) is 0 Å². The average Bonchev–Trinajstić information content (AvgIpc) is 3.33. The summed E-state index contributed by atoms with van der Waals surface area (Å²) in [5.74, 6) is -1.59. The molecule has 10 heteroatoms. The first-order valence-corrected chi connectivity index (χ1v) is 9.44. The van der Waals surface area contributed by atoms with Gasteiger partial charge in [0.2, 0.25) is 5.91 Å². The summed E-state index contributed by atoms with van der Waals surface area (Å²) in [6.07, 6.45) is 1.60. The smallest absolute Gasteiger partial charge is 0.330 e. The van der Waals surface area contributed by atoms with Gasteiger partial charge in [-0.25, -0.2) is 9.18 Å². The number of nitrogens with one attached hydrogen (secondary N) is 2. The van der Waals surface area contributed by atoms with Gasteiger partial charge in [0.25, 0.3) is 5.91 Å². The standard InChI is InChI=1S/C21H19FN6O3/c1-12-11-24-21(31)27(12)16-4-2-3-14(9-16)25-20(30)17-10-18(19(23)29)28(26-17)15-7-5-13(22)6-8-15/h2-9,11,18H,10H2,1H3,(H2,23,29)(H,24,31)(H,25,30). The van der Waals surface area contributed by atoms with E-state index in [-0.39, 0.29) is 17.8 Å². The number of primary amides is 1. The van der Waals surface area contributed by atoms with Crippen LogP contribution in [0, 0.1) is 12.7 Å². The first-order valence-electron chi connectivity index (χ1n) is 9.44. The number of aryl methyl sites for hydroxylation is 1. The summed E-state index contributed by atoms with van der Waals surface area (Å²) >= 11 is 0. The van der Waals surface area contributed by atoms with Gasteiger partial charge in [-0.05, 0) is 49.4 Å². The van der Waals surface area contributed by atoms with Crippen molar-refractivity contribution < 1.29 is 14.0 Å². The highest BCUT2D eigenvalue weighted by Crippen LogP contribution is 2.25. The Bertz CT molecular complexity index is 1240. The van der Waals surface area contributed by atoms with Gasteiger partial charge >= 0.3 is 5.69 Å². The normalized spacial score (nSPS) is 15.6. The number of carbonyl (C=O) groups is 2. The molecule has 1 aliphatic rings. The Balaban J connectivity index is 1.58. The fourth-order valence-corrected chi connectivity index (χ4v) is 3.40. The maximum atomic E-state index is 13.2. The minimum absolute atomic E-state index is 0.00854. The van der Waals surface area contributed by atoms with E-state index in [2.05, 4.69) is 15.4 Å². The molecule has 0 radical (unpaired) electrons. The Morgan fingerprint density at radius 3 is 2.58 bits per heavy atom. The lowest BCUT2D eigenvalue weighted by Crippen LogP contribution is -2.39. The molecule has 1 atom stereocenters. The van der Waals surface area contributed by atoms with E-state index in [0.29, 0.717) is 22.8 Å². The third-order valence-electron chi connectivity index (χ3n) is 4.91. The lowest BCUT2D eigenvalue weighted by Gasteiger charge is -2.20. The van der Waals surface area contributed by atoms with Crippen LogP contribution in [0.15, 0.2) is 64.6 Å². The summed E-state index contributed by atoms with van der Waals surface area (Å²) in [5.41, 5.74) is 7.48. The van der Waals surface area contributed by atoms with Crippen LogP contribution >= 0.6 is 0 Å². The number of imidazole rings is 1. The molecule has 2 amide bonds. The lowest BCUT2D eigenvalue weighted by atomic mass is 10.1. The van der Waals surface area contributed by atoms with Crippen molar-refractivity contribution in [3.8, 4) is 5.69 Å². The molecule has 0 spiro atoms. The Labute approximate surface area is 176 Å². The third-order valence-corrected chi connectivity index (χ3v) is 4.91. The van der Waals surface area contributed by atoms with Crippen LogP contribution in [-0.2, 0) is 9.59 Å². The van der Waals surface area contributed by atoms with Gasteiger partial charge in [0.1, 0.15) is 17.6 Å². The molecule has 3 aromatic rings. The van der Waals surface area contributed by atoms with E-state index < -0.39 is 23.7 Å². The van der Waals surface area contributed by atoms with Crippen molar-refractivity contribution >= 4 is 28.9 Å². The number of H-pyrrole nitrogens is 1. The molecule has 4 N–H and O–H groups in total. The van der Waals surface area contributed by atoms with E-state index in [9.17, 15) is 18.8 Å². The first-order chi connectivity index (χ1) is 14.8. The van der Waals surface area contributed by atoms with Crippen molar-refractivity contribution in [2.24, 2.45) is 10.8 Å². The van der Waals surface area contributed by atoms with Crippen molar-refractivity contribution in [2.45, 2.75) is 19.4 Å².